The van der Waals surface area contributed by atoms with Crippen molar-refractivity contribution in [3.05, 3.63) is 0 Å². The fourth-order valence-corrected chi connectivity index (χ4v) is 3.60. The zero-order valence-corrected chi connectivity index (χ0v) is 11.5. The molecule has 0 aliphatic carbocycles. The fourth-order valence-electron chi connectivity index (χ4n) is 3.60. The van der Waals surface area contributed by atoms with Crippen LogP contribution in [0, 0.1) is 5.92 Å². The van der Waals surface area contributed by atoms with Crippen LogP contribution in [0.4, 0.5) is 0 Å². The van der Waals surface area contributed by atoms with Gasteiger partial charge in [0.25, 0.3) is 0 Å². The number of piperidine rings is 1. The minimum absolute atomic E-state index is 0.301. The highest BCUT2D eigenvalue weighted by molar-refractivity contribution is 4.96. The average molecular weight is 240 g/mol. The van der Waals surface area contributed by atoms with Gasteiger partial charge >= 0.3 is 0 Å². The summed E-state index contributed by atoms with van der Waals surface area (Å²) in [5.74, 6) is 0.611. The molecule has 3 nitrogen and oxygen atoms in total. The van der Waals surface area contributed by atoms with Crippen molar-refractivity contribution < 1.29 is 5.11 Å². The van der Waals surface area contributed by atoms with E-state index in [2.05, 4.69) is 31.1 Å². The second-order valence-corrected chi connectivity index (χ2v) is 6.25. The molecule has 0 saturated carbocycles. The van der Waals surface area contributed by atoms with E-state index >= 15 is 0 Å². The summed E-state index contributed by atoms with van der Waals surface area (Å²) in [6, 6.07) is 2.75. The summed E-state index contributed by atoms with van der Waals surface area (Å²) in [5, 5.41) is 12.9. The SMILES string of the molecule is CC(C)C(CCO)NC1CC2CCC(C1)N2C. The normalized spacial score (nSPS) is 35.5. The van der Waals surface area contributed by atoms with E-state index < -0.39 is 0 Å². The van der Waals surface area contributed by atoms with Crippen molar-refractivity contribution in [1.29, 1.82) is 0 Å². The number of nitrogens with zero attached hydrogens (tertiary/aromatic N) is 1. The van der Waals surface area contributed by atoms with Crippen LogP contribution in [0.15, 0.2) is 0 Å². The van der Waals surface area contributed by atoms with E-state index in [1.807, 2.05) is 0 Å². The minimum atomic E-state index is 0.301. The van der Waals surface area contributed by atoms with Crippen LogP contribution in [0.5, 0.6) is 0 Å². The topological polar surface area (TPSA) is 35.5 Å². The molecule has 0 aromatic carbocycles. The summed E-state index contributed by atoms with van der Waals surface area (Å²) in [6.07, 6.45) is 6.24. The molecule has 2 fully saturated rings. The van der Waals surface area contributed by atoms with Crippen molar-refractivity contribution in [3.8, 4) is 0 Å². The maximum atomic E-state index is 9.13. The molecule has 3 atom stereocenters. The van der Waals surface area contributed by atoms with E-state index in [-0.39, 0.29) is 0 Å². The van der Waals surface area contributed by atoms with Crippen molar-refractivity contribution in [1.82, 2.24) is 10.2 Å². The maximum absolute atomic E-state index is 9.13. The quantitative estimate of drug-likeness (QED) is 0.766. The van der Waals surface area contributed by atoms with Gasteiger partial charge in [-0.3, -0.25) is 0 Å². The van der Waals surface area contributed by atoms with Gasteiger partial charge in [0.05, 0.1) is 0 Å². The Kier molecular flexibility index (Phi) is 4.45. The van der Waals surface area contributed by atoms with E-state index in [0.29, 0.717) is 24.6 Å². The molecule has 3 heteroatoms. The molecule has 2 bridgehead atoms. The third-order valence-corrected chi connectivity index (χ3v) is 4.79. The Hall–Kier alpha value is -0.120. The highest BCUT2D eigenvalue weighted by atomic mass is 16.3. The summed E-state index contributed by atoms with van der Waals surface area (Å²) in [4.78, 5) is 2.58. The Balaban J connectivity index is 1.87. The number of fused-ring (bicyclic) bond motifs is 2. The Morgan fingerprint density at radius 1 is 1.24 bits per heavy atom. The molecule has 2 heterocycles. The van der Waals surface area contributed by atoms with Crippen molar-refractivity contribution in [2.24, 2.45) is 5.92 Å². The molecule has 2 aliphatic rings. The lowest BCUT2D eigenvalue weighted by atomic mass is 9.94. The largest absolute Gasteiger partial charge is 0.396 e. The number of rotatable bonds is 5. The van der Waals surface area contributed by atoms with Crippen LogP contribution < -0.4 is 5.32 Å². The molecule has 2 rings (SSSR count). The van der Waals surface area contributed by atoms with Gasteiger partial charge in [-0.05, 0) is 45.1 Å². The average Bonchev–Trinajstić information content (AvgIpc) is 2.53. The molecular weight excluding hydrogens is 212 g/mol. The molecule has 2 saturated heterocycles. The lowest BCUT2D eigenvalue weighted by molar-refractivity contribution is 0.133. The second kappa shape index (κ2) is 5.68. The molecule has 2 N–H and O–H groups in total. The predicted molar refractivity (Wildman–Crippen MR) is 71.1 cm³/mol. The Bertz CT molecular complexity index is 230. The van der Waals surface area contributed by atoms with Gasteiger partial charge in [-0.15, -0.1) is 0 Å². The van der Waals surface area contributed by atoms with E-state index in [1.165, 1.54) is 25.7 Å². The molecular formula is C14H28N2O. The van der Waals surface area contributed by atoms with E-state index in [9.17, 15) is 0 Å². The van der Waals surface area contributed by atoms with Gasteiger partial charge in [-0.2, -0.15) is 0 Å². The molecule has 3 unspecified atom stereocenters. The first-order chi connectivity index (χ1) is 8.11. The smallest absolute Gasteiger partial charge is 0.0445 e. The summed E-state index contributed by atoms with van der Waals surface area (Å²) in [7, 11) is 2.28. The van der Waals surface area contributed by atoms with Gasteiger partial charge in [0.2, 0.25) is 0 Å². The molecule has 0 aromatic heterocycles. The number of hydrogen-bond acceptors (Lipinski definition) is 3. The van der Waals surface area contributed by atoms with E-state index in [4.69, 9.17) is 5.11 Å². The Labute approximate surface area is 106 Å². The summed E-state index contributed by atoms with van der Waals surface area (Å²) in [6.45, 7) is 4.79. The zero-order valence-electron chi connectivity index (χ0n) is 11.5. The Morgan fingerprint density at radius 2 is 1.82 bits per heavy atom. The van der Waals surface area contributed by atoms with Gasteiger partial charge in [-0.1, -0.05) is 13.8 Å². The lowest BCUT2D eigenvalue weighted by Gasteiger charge is -2.39. The number of aliphatic hydroxyl groups is 1. The monoisotopic (exact) mass is 240 g/mol. The van der Waals surface area contributed by atoms with Crippen LogP contribution in [-0.4, -0.2) is 47.8 Å². The van der Waals surface area contributed by atoms with Crippen LogP contribution in [0.1, 0.15) is 46.0 Å². The molecule has 17 heavy (non-hydrogen) atoms. The molecule has 100 valence electrons. The first-order valence-electron chi connectivity index (χ1n) is 7.20. The van der Waals surface area contributed by atoms with Gasteiger partial charge in [0, 0.05) is 30.8 Å². The molecule has 0 spiro atoms. The fraction of sp³-hybridized carbons (Fsp3) is 1.00. The number of hydrogen-bond donors (Lipinski definition) is 2. The third-order valence-electron chi connectivity index (χ3n) is 4.79. The number of nitrogens with one attached hydrogen (secondary N) is 1. The van der Waals surface area contributed by atoms with Crippen LogP contribution in [0.25, 0.3) is 0 Å². The van der Waals surface area contributed by atoms with Gasteiger partial charge in [0.15, 0.2) is 0 Å². The summed E-state index contributed by atoms with van der Waals surface area (Å²) < 4.78 is 0. The van der Waals surface area contributed by atoms with Crippen LogP contribution in [0.2, 0.25) is 0 Å². The summed E-state index contributed by atoms with van der Waals surface area (Å²) in [5.41, 5.74) is 0. The Morgan fingerprint density at radius 3 is 2.29 bits per heavy atom. The van der Waals surface area contributed by atoms with Crippen LogP contribution in [-0.2, 0) is 0 Å². The molecule has 0 radical (unpaired) electrons. The van der Waals surface area contributed by atoms with Crippen LogP contribution >= 0.6 is 0 Å². The molecule has 2 aliphatic heterocycles. The first kappa shape index (κ1) is 13.3. The highest BCUT2D eigenvalue weighted by Gasteiger charge is 2.38. The van der Waals surface area contributed by atoms with E-state index in [0.717, 1.165) is 18.5 Å². The maximum Gasteiger partial charge on any atom is 0.0445 e. The molecule has 0 aromatic rings. The van der Waals surface area contributed by atoms with E-state index in [1.54, 1.807) is 0 Å². The predicted octanol–water partition coefficient (Wildman–Crippen LogP) is 1.61. The van der Waals surface area contributed by atoms with Gasteiger partial charge in [0.1, 0.15) is 0 Å². The van der Waals surface area contributed by atoms with Gasteiger partial charge in [-0.25, -0.2) is 0 Å². The second-order valence-electron chi connectivity index (χ2n) is 6.25. The van der Waals surface area contributed by atoms with Crippen LogP contribution in [0.3, 0.4) is 0 Å². The zero-order chi connectivity index (χ0) is 12.4. The van der Waals surface area contributed by atoms with Crippen molar-refractivity contribution in [3.63, 3.8) is 0 Å². The lowest BCUT2D eigenvalue weighted by Crippen LogP contribution is -2.51. The standard InChI is InChI=1S/C14H28N2O/c1-10(2)14(6-7-17)15-11-8-12-4-5-13(9-11)16(12)3/h10-15,17H,4-9H2,1-3H3. The van der Waals surface area contributed by atoms with Crippen molar-refractivity contribution >= 4 is 0 Å². The first-order valence-corrected chi connectivity index (χ1v) is 7.20. The number of aliphatic hydroxyl groups excluding tert-OH is 1. The summed E-state index contributed by atoms with van der Waals surface area (Å²) >= 11 is 0. The molecule has 0 amide bonds. The van der Waals surface area contributed by atoms with Crippen molar-refractivity contribution in [2.45, 2.75) is 70.1 Å². The van der Waals surface area contributed by atoms with Gasteiger partial charge < -0.3 is 15.3 Å². The van der Waals surface area contributed by atoms with Crippen molar-refractivity contribution in [2.75, 3.05) is 13.7 Å². The minimum Gasteiger partial charge on any atom is -0.396 e. The third kappa shape index (κ3) is 3.01. The highest BCUT2D eigenvalue weighted by Crippen LogP contribution is 2.34.